The Morgan fingerprint density at radius 1 is 1.53 bits per heavy atom. The standard InChI is InChI=1S/C11H19N3S/c1-8-6-14(5-4-12-8)7-11-9(2)13-10(3)15-11/h8,12H,4-7H2,1-3H3/t8-/m0/s1. The Balaban J connectivity index is 1.99. The Labute approximate surface area is 95.5 Å². The van der Waals surface area contributed by atoms with E-state index in [0.29, 0.717) is 6.04 Å². The molecule has 1 aliphatic rings. The van der Waals surface area contributed by atoms with Crippen molar-refractivity contribution in [3.8, 4) is 0 Å². The summed E-state index contributed by atoms with van der Waals surface area (Å²) >= 11 is 1.84. The summed E-state index contributed by atoms with van der Waals surface area (Å²) in [5, 5.41) is 4.65. The fourth-order valence-electron chi connectivity index (χ4n) is 2.08. The van der Waals surface area contributed by atoms with Crippen molar-refractivity contribution in [2.24, 2.45) is 0 Å². The van der Waals surface area contributed by atoms with E-state index >= 15 is 0 Å². The van der Waals surface area contributed by atoms with Gasteiger partial charge in [0.1, 0.15) is 0 Å². The van der Waals surface area contributed by atoms with Gasteiger partial charge in [0, 0.05) is 37.1 Å². The fraction of sp³-hybridized carbons (Fsp3) is 0.727. The van der Waals surface area contributed by atoms with Crippen molar-refractivity contribution in [1.29, 1.82) is 0 Å². The zero-order chi connectivity index (χ0) is 10.8. The van der Waals surface area contributed by atoms with E-state index < -0.39 is 0 Å². The van der Waals surface area contributed by atoms with Crippen LogP contribution in [0, 0.1) is 13.8 Å². The van der Waals surface area contributed by atoms with Crippen LogP contribution >= 0.6 is 11.3 Å². The Kier molecular flexibility index (Phi) is 3.38. The first kappa shape index (κ1) is 11.0. The molecule has 1 aromatic heterocycles. The highest BCUT2D eigenvalue weighted by Crippen LogP contribution is 2.19. The number of rotatable bonds is 2. The van der Waals surface area contributed by atoms with Gasteiger partial charge in [-0.2, -0.15) is 0 Å². The summed E-state index contributed by atoms with van der Waals surface area (Å²) in [5.41, 5.74) is 1.21. The average molecular weight is 225 g/mol. The fourth-order valence-corrected chi connectivity index (χ4v) is 3.06. The second kappa shape index (κ2) is 4.60. The lowest BCUT2D eigenvalue weighted by Gasteiger charge is -2.31. The van der Waals surface area contributed by atoms with Crippen LogP contribution in [0.5, 0.6) is 0 Å². The van der Waals surface area contributed by atoms with Crippen LogP contribution < -0.4 is 5.32 Å². The maximum atomic E-state index is 4.47. The van der Waals surface area contributed by atoms with Crippen molar-refractivity contribution < 1.29 is 0 Å². The summed E-state index contributed by atoms with van der Waals surface area (Å²) in [4.78, 5) is 8.42. The first-order valence-corrected chi connectivity index (χ1v) is 6.35. The highest BCUT2D eigenvalue weighted by molar-refractivity contribution is 7.11. The van der Waals surface area contributed by atoms with Gasteiger partial charge >= 0.3 is 0 Å². The molecule has 1 fully saturated rings. The molecule has 1 aromatic rings. The summed E-state index contributed by atoms with van der Waals surface area (Å²) < 4.78 is 0. The second-order valence-electron chi connectivity index (χ2n) is 4.33. The third-order valence-corrected chi connectivity index (χ3v) is 3.88. The lowest BCUT2D eigenvalue weighted by Crippen LogP contribution is -2.48. The number of nitrogens with zero attached hydrogens (tertiary/aromatic N) is 2. The minimum atomic E-state index is 0.619. The molecule has 0 unspecified atom stereocenters. The van der Waals surface area contributed by atoms with E-state index in [-0.39, 0.29) is 0 Å². The third-order valence-electron chi connectivity index (χ3n) is 2.82. The van der Waals surface area contributed by atoms with Gasteiger partial charge in [0.25, 0.3) is 0 Å². The van der Waals surface area contributed by atoms with Crippen molar-refractivity contribution in [2.75, 3.05) is 19.6 Å². The van der Waals surface area contributed by atoms with E-state index in [9.17, 15) is 0 Å². The number of hydrogen-bond acceptors (Lipinski definition) is 4. The van der Waals surface area contributed by atoms with E-state index in [2.05, 4.69) is 36.0 Å². The second-order valence-corrected chi connectivity index (χ2v) is 5.62. The van der Waals surface area contributed by atoms with Crippen molar-refractivity contribution in [3.63, 3.8) is 0 Å². The first-order valence-electron chi connectivity index (χ1n) is 5.54. The van der Waals surface area contributed by atoms with E-state index in [1.165, 1.54) is 15.6 Å². The summed E-state index contributed by atoms with van der Waals surface area (Å²) in [6, 6.07) is 0.619. The molecule has 0 aliphatic carbocycles. The van der Waals surface area contributed by atoms with Crippen molar-refractivity contribution in [3.05, 3.63) is 15.6 Å². The molecule has 4 heteroatoms. The SMILES string of the molecule is Cc1nc(C)c(CN2CCN[C@@H](C)C2)s1. The van der Waals surface area contributed by atoms with Crippen molar-refractivity contribution in [1.82, 2.24) is 15.2 Å². The highest BCUT2D eigenvalue weighted by atomic mass is 32.1. The molecular weight excluding hydrogens is 206 g/mol. The number of nitrogens with one attached hydrogen (secondary N) is 1. The largest absolute Gasteiger partial charge is 0.312 e. The molecule has 1 saturated heterocycles. The van der Waals surface area contributed by atoms with Crippen molar-refractivity contribution >= 4 is 11.3 Å². The van der Waals surface area contributed by atoms with E-state index in [4.69, 9.17) is 0 Å². The summed E-state index contributed by atoms with van der Waals surface area (Å²) in [7, 11) is 0. The number of aromatic nitrogens is 1. The molecule has 0 spiro atoms. The molecule has 0 amide bonds. The van der Waals surface area contributed by atoms with Crippen LogP contribution in [0.15, 0.2) is 0 Å². The van der Waals surface area contributed by atoms with Gasteiger partial charge in [-0.05, 0) is 20.8 Å². The van der Waals surface area contributed by atoms with Gasteiger partial charge in [-0.1, -0.05) is 0 Å². The molecule has 2 heterocycles. The first-order chi connectivity index (χ1) is 7.15. The molecule has 1 aliphatic heterocycles. The summed E-state index contributed by atoms with van der Waals surface area (Å²) in [6.07, 6.45) is 0. The number of piperazine rings is 1. The van der Waals surface area contributed by atoms with Crippen LogP contribution in [0.1, 0.15) is 22.5 Å². The van der Waals surface area contributed by atoms with Crippen LogP contribution in [-0.2, 0) is 6.54 Å². The van der Waals surface area contributed by atoms with Crippen molar-refractivity contribution in [2.45, 2.75) is 33.4 Å². The van der Waals surface area contributed by atoms with Gasteiger partial charge in [0.15, 0.2) is 0 Å². The Hall–Kier alpha value is -0.450. The molecule has 2 rings (SSSR count). The van der Waals surface area contributed by atoms with Crippen LogP contribution in [0.25, 0.3) is 0 Å². The molecular formula is C11H19N3S. The molecule has 0 radical (unpaired) electrons. The maximum absolute atomic E-state index is 4.47. The van der Waals surface area contributed by atoms with Gasteiger partial charge in [-0.15, -0.1) is 11.3 Å². The van der Waals surface area contributed by atoms with Crippen LogP contribution in [0.3, 0.4) is 0 Å². The highest BCUT2D eigenvalue weighted by Gasteiger charge is 2.17. The van der Waals surface area contributed by atoms with Gasteiger partial charge in [-0.3, -0.25) is 4.90 Å². The molecule has 0 aromatic carbocycles. The Bertz CT molecular complexity index is 335. The number of hydrogen-bond donors (Lipinski definition) is 1. The van der Waals surface area contributed by atoms with Gasteiger partial charge in [-0.25, -0.2) is 4.98 Å². The minimum absolute atomic E-state index is 0.619. The van der Waals surface area contributed by atoms with Gasteiger partial charge in [0.05, 0.1) is 10.7 Å². The van der Waals surface area contributed by atoms with E-state index in [0.717, 1.165) is 26.2 Å². The molecule has 0 bridgehead atoms. The number of thiazole rings is 1. The summed E-state index contributed by atoms with van der Waals surface area (Å²) in [6.45, 7) is 10.9. The van der Waals surface area contributed by atoms with E-state index in [1.807, 2.05) is 11.3 Å². The zero-order valence-corrected chi connectivity index (χ0v) is 10.5. The number of aryl methyl sites for hydroxylation is 2. The van der Waals surface area contributed by atoms with Gasteiger partial charge in [0.2, 0.25) is 0 Å². The van der Waals surface area contributed by atoms with E-state index in [1.54, 1.807) is 0 Å². The molecule has 3 nitrogen and oxygen atoms in total. The van der Waals surface area contributed by atoms with Crippen LogP contribution in [0.4, 0.5) is 0 Å². The maximum Gasteiger partial charge on any atom is 0.0900 e. The summed E-state index contributed by atoms with van der Waals surface area (Å²) in [5.74, 6) is 0. The topological polar surface area (TPSA) is 28.2 Å². The monoisotopic (exact) mass is 225 g/mol. The van der Waals surface area contributed by atoms with Crippen LogP contribution in [0.2, 0.25) is 0 Å². The van der Waals surface area contributed by atoms with Crippen LogP contribution in [-0.4, -0.2) is 35.6 Å². The Morgan fingerprint density at radius 2 is 2.33 bits per heavy atom. The normalized spacial score (nSPS) is 23.3. The average Bonchev–Trinajstić information content (AvgIpc) is 2.45. The molecule has 0 saturated carbocycles. The molecule has 15 heavy (non-hydrogen) atoms. The zero-order valence-electron chi connectivity index (χ0n) is 9.71. The quantitative estimate of drug-likeness (QED) is 0.828. The molecule has 84 valence electrons. The third kappa shape index (κ3) is 2.77. The predicted octanol–water partition coefficient (Wildman–Crippen LogP) is 1.55. The predicted molar refractivity (Wildman–Crippen MR) is 64.3 cm³/mol. The Morgan fingerprint density at radius 3 is 2.93 bits per heavy atom. The van der Waals surface area contributed by atoms with Gasteiger partial charge < -0.3 is 5.32 Å². The molecule has 1 atom stereocenters. The molecule has 1 N–H and O–H groups in total. The lowest BCUT2D eigenvalue weighted by molar-refractivity contribution is 0.201. The minimum Gasteiger partial charge on any atom is -0.312 e. The lowest BCUT2D eigenvalue weighted by atomic mass is 10.2. The smallest absolute Gasteiger partial charge is 0.0900 e.